The summed E-state index contributed by atoms with van der Waals surface area (Å²) in [5, 5.41) is 4.28. The van der Waals surface area contributed by atoms with Crippen LogP contribution in [0.25, 0.3) is 28.0 Å². The fourth-order valence-electron chi connectivity index (χ4n) is 3.07. The number of aromatic nitrogens is 3. The maximum atomic E-state index is 11.7. The number of rotatable bonds is 3. The zero-order valence-electron chi connectivity index (χ0n) is 14.5. The highest BCUT2D eigenvalue weighted by molar-refractivity contribution is 5.87. The smallest absolute Gasteiger partial charge is 0.358 e. The van der Waals surface area contributed by atoms with Crippen LogP contribution in [-0.2, 0) is 4.74 Å². The highest BCUT2D eigenvalue weighted by Crippen LogP contribution is 2.31. The molecule has 4 aromatic rings. The molecule has 0 aliphatic carbocycles. The van der Waals surface area contributed by atoms with Crippen LogP contribution in [0, 0.1) is 6.92 Å². The van der Waals surface area contributed by atoms with Gasteiger partial charge in [0.15, 0.2) is 11.3 Å². The lowest BCUT2D eigenvalue weighted by molar-refractivity contribution is 0.0592. The number of hydrogen-bond acceptors (Lipinski definition) is 4. The van der Waals surface area contributed by atoms with E-state index in [9.17, 15) is 4.79 Å². The average Bonchev–Trinajstić information content (AvgIpc) is 3.11. The molecule has 2 aromatic carbocycles. The lowest BCUT2D eigenvalue weighted by Gasteiger charge is -2.10. The molecular formula is C21H17N3O2. The standard InChI is InChI=1S/C21H17N3O2/c1-14-16(15-7-4-3-5-8-15)9-6-10-17(14)19-13-24-20(22-19)12-11-18(23-24)21(25)26-2/h3-13H,1-2H3. The van der Waals surface area contributed by atoms with Crippen LogP contribution in [0.5, 0.6) is 0 Å². The van der Waals surface area contributed by atoms with E-state index in [2.05, 4.69) is 35.2 Å². The quantitative estimate of drug-likeness (QED) is 0.524. The Bertz CT molecular complexity index is 1100. The molecule has 0 saturated heterocycles. The van der Waals surface area contributed by atoms with Gasteiger partial charge in [-0.25, -0.2) is 14.3 Å². The molecule has 0 amide bonds. The monoisotopic (exact) mass is 343 g/mol. The van der Waals surface area contributed by atoms with Gasteiger partial charge in [0.05, 0.1) is 19.0 Å². The maximum absolute atomic E-state index is 11.7. The van der Waals surface area contributed by atoms with Crippen molar-refractivity contribution in [3.05, 3.63) is 78.1 Å². The first-order chi connectivity index (χ1) is 12.7. The Hall–Kier alpha value is -3.47. The lowest BCUT2D eigenvalue weighted by Crippen LogP contribution is -2.06. The summed E-state index contributed by atoms with van der Waals surface area (Å²) in [5.74, 6) is -0.468. The number of imidazole rings is 1. The molecule has 0 atom stereocenters. The number of benzene rings is 2. The third-order valence-corrected chi connectivity index (χ3v) is 4.41. The van der Waals surface area contributed by atoms with Gasteiger partial charge >= 0.3 is 5.97 Å². The highest BCUT2D eigenvalue weighted by Gasteiger charge is 2.13. The Morgan fingerprint density at radius 1 is 0.962 bits per heavy atom. The fourth-order valence-corrected chi connectivity index (χ4v) is 3.07. The van der Waals surface area contributed by atoms with Crippen molar-refractivity contribution in [3.8, 4) is 22.4 Å². The molecule has 0 N–H and O–H groups in total. The van der Waals surface area contributed by atoms with Crippen LogP contribution in [0.3, 0.4) is 0 Å². The third kappa shape index (κ3) is 2.73. The molecule has 5 heteroatoms. The van der Waals surface area contributed by atoms with Crippen LogP contribution in [0.15, 0.2) is 66.9 Å². The summed E-state index contributed by atoms with van der Waals surface area (Å²) < 4.78 is 6.33. The van der Waals surface area contributed by atoms with E-state index in [0.29, 0.717) is 5.65 Å². The largest absolute Gasteiger partial charge is 0.464 e. The van der Waals surface area contributed by atoms with Gasteiger partial charge < -0.3 is 4.74 Å². The molecule has 5 nitrogen and oxygen atoms in total. The second-order valence-electron chi connectivity index (χ2n) is 5.98. The second kappa shape index (κ2) is 6.44. The number of ether oxygens (including phenoxy) is 1. The minimum atomic E-state index is -0.468. The summed E-state index contributed by atoms with van der Waals surface area (Å²) in [7, 11) is 1.34. The van der Waals surface area contributed by atoms with Crippen LogP contribution >= 0.6 is 0 Å². The first-order valence-corrected chi connectivity index (χ1v) is 8.27. The molecule has 0 bridgehead atoms. The van der Waals surface area contributed by atoms with Crippen molar-refractivity contribution < 1.29 is 9.53 Å². The minimum absolute atomic E-state index is 0.249. The van der Waals surface area contributed by atoms with Gasteiger partial charge in [0.2, 0.25) is 0 Å². The second-order valence-corrected chi connectivity index (χ2v) is 5.98. The van der Waals surface area contributed by atoms with Crippen LogP contribution in [-0.4, -0.2) is 27.7 Å². The Balaban J connectivity index is 1.82. The predicted octanol–water partition coefficient (Wildman–Crippen LogP) is 4.16. The summed E-state index contributed by atoms with van der Waals surface area (Å²) in [4.78, 5) is 16.3. The average molecular weight is 343 g/mol. The molecule has 0 spiro atoms. The zero-order valence-corrected chi connectivity index (χ0v) is 14.5. The summed E-state index contributed by atoms with van der Waals surface area (Å²) >= 11 is 0. The van der Waals surface area contributed by atoms with E-state index in [1.807, 2.05) is 36.5 Å². The summed E-state index contributed by atoms with van der Waals surface area (Å²) in [6.07, 6.45) is 1.83. The molecule has 0 radical (unpaired) electrons. The molecule has 0 unspecified atom stereocenters. The van der Waals surface area contributed by atoms with Crippen molar-refractivity contribution >= 4 is 11.6 Å². The molecule has 26 heavy (non-hydrogen) atoms. The van der Waals surface area contributed by atoms with Crippen LogP contribution in [0.4, 0.5) is 0 Å². The van der Waals surface area contributed by atoms with E-state index in [1.54, 1.807) is 16.6 Å². The van der Waals surface area contributed by atoms with Crippen molar-refractivity contribution in [3.63, 3.8) is 0 Å². The van der Waals surface area contributed by atoms with Gasteiger partial charge in [-0.2, -0.15) is 5.10 Å². The predicted molar refractivity (Wildman–Crippen MR) is 99.9 cm³/mol. The number of esters is 1. The van der Waals surface area contributed by atoms with Crippen molar-refractivity contribution in [1.29, 1.82) is 0 Å². The Morgan fingerprint density at radius 3 is 2.50 bits per heavy atom. The molecule has 128 valence electrons. The summed E-state index contributed by atoms with van der Waals surface area (Å²) in [6, 6.07) is 19.8. The maximum Gasteiger partial charge on any atom is 0.358 e. The molecule has 2 aromatic heterocycles. The fraction of sp³-hybridized carbons (Fsp3) is 0.0952. The number of nitrogens with zero attached hydrogens (tertiary/aromatic N) is 3. The van der Waals surface area contributed by atoms with Crippen molar-refractivity contribution in [2.75, 3.05) is 7.11 Å². The molecule has 0 saturated carbocycles. The summed E-state index contributed by atoms with van der Waals surface area (Å²) in [6.45, 7) is 2.09. The van der Waals surface area contributed by atoms with E-state index in [0.717, 1.165) is 16.8 Å². The third-order valence-electron chi connectivity index (χ3n) is 4.41. The van der Waals surface area contributed by atoms with Crippen molar-refractivity contribution in [2.24, 2.45) is 0 Å². The van der Waals surface area contributed by atoms with E-state index >= 15 is 0 Å². The van der Waals surface area contributed by atoms with Crippen LogP contribution in [0.2, 0.25) is 0 Å². The normalized spacial score (nSPS) is 10.8. The Morgan fingerprint density at radius 2 is 1.73 bits per heavy atom. The summed E-state index contributed by atoms with van der Waals surface area (Å²) in [5.41, 5.74) is 6.27. The van der Waals surface area contributed by atoms with Gasteiger partial charge in [-0.1, -0.05) is 48.5 Å². The number of methoxy groups -OCH3 is 1. The van der Waals surface area contributed by atoms with Gasteiger partial charge in [-0.05, 0) is 35.7 Å². The molecule has 0 aliphatic rings. The molecule has 0 aliphatic heterocycles. The van der Waals surface area contributed by atoms with Gasteiger partial charge in [0, 0.05) is 5.56 Å². The van der Waals surface area contributed by atoms with E-state index < -0.39 is 5.97 Å². The Kier molecular flexibility index (Phi) is 3.97. The van der Waals surface area contributed by atoms with E-state index in [-0.39, 0.29) is 5.69 Å². The van der Waals surface area contributed by atoms with Crippen molar-refractivity contribution in [2.45, 2.75) is 6.92 Å². The number of carbonyl (C=O) groups excluding carboxylic acids is 1. The molecule has 0 fully saturated rings. The van der Waals surface area contributed by atoms with Gasteiger partial charge in [0.1, 0.15) is 0 Å². The Labute approximate surface area is 150 Å². The number of hydrogen-bond donors (Lipinski definition) is 0. The van der Waals surface area contributed by atoms with Gasteiger partial charge in [0.25, 0.3) is 0 Å². The first kappa shape index (κ1) is 16.0. The lowest BCUT2D eigenvalue weighted by atomic mass is 9.95. The van der Waals surface area contributed by atoms with E-state index in [1.165, 1.54) is 18.2 Å². The van der Waals surface area contributed by atoms with E-state index in [4.69, 9.17) is 4.74 Å². The van der Waals surface area contributed by atoms with Crippen molar-refractivity contribution in [1.82, 2.24) is 14.6 Å². The van der Waals surface area contributed by atoms with Gasteiger partial charge in [-0.3, -0.25) is 0 Å². The van der Waals surface area contributed by atoms with Crippen LogP contribution < -0.4 is 0 Å². The minimum Gasteiger partial charge on any atom is -0.464 e. The number of carbonyl (C=O) groups is 1. The molecular weight excluding hydrogens is 326 g/mol. The zero-order chi connectivity index (χ0) is 18.1. The number of fused-ring (bicyclic) bond motifs is 1. The highest BCUT2D eigenvalue weighted by atomic mass is 16.5. The van der Waals surface area contributed by atoms with Gasteiger partial charge in [-0.15, -0.1) is 0 Å². The first-order valence-electron chi connectivity index (χ1n) is 8.27. The van der Waals surface area contributed by atoms with Crippen LogP contribution in [0.1, 0.15) is 16.1 Å². The SMILES string of the molecule is COC(=O)c1ccc2nc(-c3cccc(-c4ccccc4)c3C)cn2n1. The molecule has 2 heterocycles. The molecule has 4 rings (SSSR count). The topological polar surface area (TPSA) is 56.5 Å².